The van der Waals surface area contributed by atoms with Crippen molar-refractivity contribution in [2.75, 3.05) is 20.8 Å². The first-order valence-corrected chi connectivity index (χ1v) is 8.26. The van der Waals surface area contributed by atoms with Crippen molar-refractivity contribution in [2.45, 2.75) is 19.3 Å². The molecule has 0 aliphatic carbocycles. The van der Waals surface area contributed by atoms with Gasteiger partial charge in [-0.15, -0.1) is 0 Å². The molecule has 0 saturated heterocycles. The molecule has 158 valence electrons. The Morgan fingerprint density at radius 2 is 1.72 bits per heavy atom. The number of alkyl halides is 5. The maximum Gasteiger partial charge on any atom is 0.422 e. The second kappa shape index (κ2) is 9.44. The summed E-state index contributed by atoms with van der Waals surface area (Å²) >= 11 is 0. The van der Waals surface area contributed by atoms with E-state index >= 15 is 0 Å². The number of carbonyl (C=O) groups excluding carboxylic acids is 1. The molecule has 0 saturated carbocycles. The number of carbonyl (C=O) groups is 1. The molecule has 2 aromatic rings. The first-order chi connectivity index (χ1) is 13.6. The molecule has 0 spiro atoms. The van der Waals surface area contributed by atoms with Gasteiger partial charge in [0.05, 0.1) is 7.11 Å². The molecule has 0 unspecified atom stereocenters. The zero-order valence-corrected chi connectivity index (χ0v) is 15.5. The quantitative estimate of drug-likeness (QED) is 0.591. The van der Waals surface area contributed by atoms with E-state index in [9.17, 15) is 26.7 Å². The predicted octanol–water partition coefficient (Wildman–Crippen LogP) is 4.51. The maximum absolute atomic E-state index is 12.5. The average Bonchev–Trinajstić information content (AvgIpc) is 2.66. The first kappa shape index (κ1) is 22.3. The highest BCUT2D eigenvalue weighted by atomic mass is 19.4. The van der Waals surface area contributed by atoms with Crippen molar-refractivity contribution in [1.82, 2.24) is 4.90 Å². The monoisotopic (exact) mass is 419 g/mol. The molecule has 0 heterocycles. The normalized spacial score (nSPS) is 11.3. The summed E-state index contributed by atoms with van der Waals surface area (Å²) in [5.74, 6) is -0.440. The van der Waals surface area contributed by atoms with Gasteiger partial charge in [-0.05, 0) is 42.0 Å². The summed E-state index contributed by atoms with van der Waals surface area (Å²) in [6, 6.07) is 9.53. The van der Waals surface area contributed by atoms with E-state index < -0.39 is 19.4 Å². The van der Waals surface area contributed by atoms with E-state index in [0.717, 1.165) is 0 Å². The number of amides is 1. The molecule has 10 heteroatoms. The van der Waals surface area contributed by atoms with Crippen LogP contribution in [0.25, 0.3) is 0 Å². The molecule has 5 nitrogen and oxygen atoms in total. The van der Waals surface area contributed by atoms with Gasteiger partial charge in [-0.1, -0.05) is 6.07 Å². The second-order valence-electron chi connectivity index (χ2n) is 5.95. The average molecular weight is 419 g/mol. The third-order valence-electron chi connectivity index (χ3n) is 3.71. The van der Waals surface area contributed by atoms with E-state index in [1.54, 1.807) is 0 Å². The number of benzene rings is 2. The van der Waals surface area contributed by atoms with Gasteiger partial charge in [-0.3, -0.25) is 4.79 Å². The lowest BCUT2D eigenvalue weighted by Gasteiger charge is -2.19. The minimum absolute atomic E-state index is 0.0131. The van der Waals surface area contributed by atoms with Gasteiger partial charge in [0.1, 0.15) is 5.75 Å². The maximum atomic E-state index is 12.5. The molecule has 0 aliphatic rings. The Hall–Kier alpha value is -3.04. The molecular weight excluding hydrogens is 401 g/mol. The molecule has 2 rings (SSSR count). The zero-order valence-electron chi connectivity index (χ0n) is 15.5. The van der Waals surface area contributed by atoms with Gasteiger partial charge in [0.25, 0.3) is 5.91 Å². The fourth-order valence-electron chi connectivity index (χ4n) is 2.43. The smallest absolute Gasteiger partial charge is 0.422 e. The number of ether oxygens (including phenoxy) is 3. The zero-order chi connectivity index (χ0) is 21.6. The Labute approximate surface area is 163 Å². The molecule has 0 radical (unpaired) electrons. The van der Waals surface area contributed by atoms with Gasteiger partial charge < -0.3 is 19.1 Å². The van der Waals surface area contributed by atoms with Crippen LogP contribution in [0.4, 0.5) is 22.0 Å². The van der Waals surface area contributed by atoms with Crippen LogP contribution in [0.15, 0.2) is 42.5 Å². The van der Waals surface area contributed by atoms with Crippen molar-refractivity contribution in [3.05, 3.63) is 53.6 Å². The number of methoxy groups -OCH3 is 1. The standard InChI is InChI=1S/C19H18F5NO4/c1-25(10-12-3-8-15(29-18(20)21)16(9-12)27-2)17(26)13-4-6-14(7-5-13)28-11-19(22,23)24/h3-9,18H,10-11H2,1-2H3. The molecular formula is C19H18F5NO4. The topological polar surface area (TPSA) is 48.0 Å². The van der Waals surface area contributed by atoms with E-state index in [2.05, 4.69) is 9.47 Å². The molecule has 0 aromatic heterocycles. The van der Waals surface area contributed by atoms with Crippen LogP contribution in [0.5, 0.6) is 17.2 Å². The molecule has 0 N–H and O–H groups in total. The first-order valence-electron chi connectivity index (χ1n) is 8.26. The third-order valence-corrected chi connectivity index (χ3v) is 3.71. The van der Waals surface area contributed by atoms with Crippen molar-refractivity contribution in [1.29, 1.82) is 0 Å². The largest absolute Gasteiger partial charge is 0.493 e. The van der Waals surface area contributed by atoms with Crippen LogP contribution in [0.1, 0.15) is 15.9 Å². The van der Waals surface area contributed by atoms with Crippen LogP contribution in [-0.4, -0.2) is 44.4 Å². The van der Waals surface area contributed by atoms with Crippen LogP contribution >= 0.6 is 0 Å². The van der Waals surface area contributed by atoms with Crippen LogP contribution in [0, 0.1) is 0 Å². The van der Waals surface area contributed by atoms with Crippen molar-refractivity contribution in [3.63, 3.8) is 0 Å². The highest BCUT2D eigenvalue weighted by Crippen LogP contribution is 2.30. The fourth-order valence-corrected chi connectivity index (χ4v) is 2.43. The summed E-state index contributed by atoms with van der Waals surface area (Å²) in [5, 5.41) is 0. The number of rotatable bonds is 8. The van der Waals surface area contributed by atoms with Crippen LogP contribution in [-0.2, 0) is 6.54 Å². The van der Waals surface area contributed by atoms with E-state index in [4.69, 9.17) is 4.74 Å². The highest BCUT2D eigenvalue weighted by Gasteiger charge is 2.28. The number of nitrogens with zero attached hydrogens (tertiary/aromatic N) is 1. The molecule has 2 aromatic carbocycles. The van der Waals surface area contributed by atoms with Gasteiger partial charge in [-0.2, -0.15) is 22.0 Å². The Morgan fingerprint density at radius 3 is 2.28 bits per heavy atom. The van der Waals surface area contributed by atoms with Crippen LogP contribution in [0.3, 0.4) is 0 Å². The molecule has 0 aliphatic heterocycles. The second-order valence-corrected chi connectivity index (χ2v) is 5.95. The lowest BCUT2D eigenvalue weighted by atomic mass is 10.1. The van der Waals surface area contributed by atoms with Crippen LogP contribution < -0.4 is 14.2 Å². The summed E-state index contributed by atoms with van der Waals surface area (Å²) in [7, 11) is 2.82. The van der Waals surface area contributed by atoms with E-state index in [-0.39, 0.29) is 35.3 Å². The van der Waals surface area contributed by atoms with Crippen molar-refractivity contribution >= 4 is 5.91 Å². The highest BCUT2D eigenvalue weighted by molar-refractivity contribution is 5.94. The molecule has 29 heavy (non-hydrogen) atoms. The fraction of sp³-hybridized carbons (Fsp3) is 0.316. The molecule has 0 atom stereocenters. The minimum atomic E-state index is -4.45. The summed E-state index contributed by atoms with van der Waals surface area (Å²) in [5.41, 5.74) is 0.848. The van der Waals surface area contributed by atoms with Crippen LogP contribution in [0.2, 0.25) is 0 Å². The van der Waals surface area contributed by atoms with Crippen molar-refractivity contribution in [2.24, 2.45) is 0 Å². The number of hydrogen-bond acceptors (Lipinski definition) is 4. The lowest BCUT2D eigenvalue weighted by Crippen LogP contribution is -2.26. The van der Waals surface area contributed by atoms with Gasteiger partial charge in [0.2, 0.25) is 0 Å². The Bertz CT molecular complexity index is 824. The lowest BCUT2D eigenvalue weighted by molar-refractivity contribution is -0.153. The summed E-state index contributed by atoms with van der Waals surface area (Å²) in [4.78, 5) is 13.8. The minimum Gasteiger partial charge on any atom is -0.493 e. The van der Waals surface area contributed by atoms with Crippen molar-refractivity contribution < 1.29 is 41.0 Å². The van der Waals surface area contributed by atoms with E-state index in [1.807, 2.05) is 0 Å². The third kappa shape index (κ3) is 6.81. The van der Waals surface area contributed by atoms with E-state index in [1.165, 1.54) is 61.5 Å². The summed E-state index contributed by atoms with van der Waals surface area (Å²) < 4.78 is 75.2. The summed E-state index contributed by atoms with van der Waals surface area (Å²) in [6.07, 6.45) is -4.45. The van der Waals surface area contributed by atoms with Gasteiger partial charge in [-0.25, -0.2) is 0 Å². The van der Waals surface area contributed by atoms with Gasteiger partial charge >= 0.3 is 12.8 Å². The predicted molar refractivity (Wildman–Crippen MR) is 93.4 cm³/mol. The van der Waals surface area contributed by atoms with Gasteiger partial charge in [0.15, 0.2) is 18.1 Å². The number of halogens is 5. The molecule has 1 amide bonds. The molecule has 0 fully saturated rings. The Morgan fingerprint density at radius 1 is 1.07 bits per heavy atom. The SMILES string of the molecule is COc1cc(CN(C)C(=O)c2ccc(OCC(F)(F)F)cc2)ccc1OC(F)F. The van der Waals surface area contributed by atoms with Crippen molar-refractivity contribution in [3.8, 4) is 17.2 Å². The number of hydrogen-bond donors (Lipinski definition) is 0. The molecule has 0 bridgehead atoms. The Balaban J connectivity index is 2.03. The summed E-state index contributed by atoms with van der Waals surface area (Å²) in [6.45, 7) is -4.29. The Kier molecular flexibility index (Phi) is 7.24. The van der Waals surface area contributed by atoms with Gasteiger partial charge in [0, 0.05) is 19.2 Å². The van der Waals surface area contributed by atoms with E-state index in [0.29, 0.717) is 5.56 Å².